The van der Waals surface area contributed by atoms with E-state index >= 15 is 0 Å². The standard InChI is InChI=1S/C15H14N4O6/c1-24-12-4-2-3-10-14(21)11(8-25-15(10)12)17-13(20)7-18-6-9(5-16-18)19(22)23/h2-6,11H,7-8H2,1H3,(H,17,20). The maximum Gasteiger partial charge on any atom is 0.307 e. The molecule has 10 nitrogen and oxygen atoms in total. The summed E-state index contributed by atoms with van der Waals surface area (Å²) >= 11 is 0. The number of carbonyl (C=O) groups excluding carboxylic acids is 2. The number of nitrogens with one attached hydrogen (secondary N) is 1. The number of benzene rings is 1. The minimum Gasteiger partial charge on any atom is -0.493 e. The van der Waals surface area contributed by atoms with Gasteiger partial charge in [-0.15, -0.1) is 0 Å². The Hall–Kier alpha value is -3.43. The summed E-state index contributed by atoms with van der Waals surface area (Å²) in [6.45, 7) is -0.278. The highest BCUT2D eigenvalue weighted by Crippen LogP contribution is 2.34. The van der Waals surface area contributed by atoms with Crippen molar-refractivity contribution in [2.75, 3.05) is 13.7 Å². The van der Waals surface area contributed by atoms with Crippen LogP contribution in [0.3, 0.4) is 0 Å². The fourth-order valence-electron chi connectivity index (χ4n) is 2.48. The molecule has 0 saturated carbocycles. The first kappa shape index (κ1) is 16.4. The molecule has 0 fully saturated rings. The van der Waals surface area contributed by atoms with Gasteiger partial charge >= 0.3 is 5.69 Å². The third-order valence-electron chi connectivity index (χ3n) is 3.65. The molecule has 3 rings (SSSR count). The second-order valence-corrected chi connectivity index (χ2v) is 5.29. The fourth-order valence-corrected chi connectivity index (χ4v) is 2.48. The van der Waals surface area contributed by atoms with E-state index in [1.807, 2.05) is 0 Å². The first-order chi connectivity index (χ1) is 12.0. The van der Waals surface area contributed by atoms with Crippen molar-refractivity contribution in [3.63, 3.8) is 0 Å². The summed E-state index contributed by atoms with van der Waals surface area (Å²) in [5.74, 6) is -0.00563. The van der Waals surface area contributed by atoms with Gasteiger partial charge in [-0.3, -0.25) is 24.4 Å². The lowest BCUT2D eigenvalue weighted by atomic mass is 10.0. The van der Waals surface area contributed by atoms with Crippen molar-refractivity contribution in [2.45, 2.75) is 12.6 Å². The quantitative estimate of drug-likeness (QED) is 0.619. The number of nitrogens with zero attached hydrogens (tertiary/aromatic N) is 3. The van der Waals surface area contributed by atoms with Gasteiger partial charge in [-0.25, -0.2) is 0 Å². The molecule has 0 saturated heterocycles. The fraction of sp³-hybridized carbons (Fsp3) is 0.267. The number of nitro groups is 1. The second-order valence-electron chi connectivity index (χ2n) is 5.29. The van der Waals surface area contributed by atoms with E-state index in [9.17, 15) is 19.7 Å². The highest BCUT2D eigenvalue weighted by atomic mass is 16.6. The molecule has 1 amide bonds. The van der Waals surface area contributed by atoms with Crippen LogP contribution in [0.5, 0.6) is 11.5 Å². The Morgan fingerprint density at radius 1 is 1.56 bits per heavy atom. The van der Waals surface area contributed by atoms with E-state index in [1.54, 1.807) is 18.2 Å². The first-order valence-corrected chi connectivity index (χ1v) is 7.30. The van der Waals surface area contributed by atoms with Crippen molar-refractivity contribution in [1.82, 2.24) is 15.1 Å². The number of amides is 1. The van der Waals surface area contributed by atoms with Gasteiger partial charge in [0.15, 0.2) is 17.3 Å². The molecule has 1 atom stereocenters. The molecule has 10 heteroatoms. The monoisotopic (exact) mass is 346 g/mol. The summed E-state index contributed by atoms with van der Waals surface area (Å²) in [5.41, 5.74) is 0.108. The van der Waals surface area contributed by atoms with Crippen molar-refractivity contribution in [2.24, 2.45) is 0 Å². The number of ether oxygens (including phenoxy) is 2. The Kier molecular flexibility index (Phi) is 4.33. The molecule has 1 unspecified atom stereocenters. The van der Waals surface area contributed by atoms with Gasteiger partial charge < -0.3 is 14.8 Å². The zero-order chi connectivity index (χ0) is 18.0. The molecule has 0 bridgehead atoms. The minimum absolute atomic E-state index is 0.0306. The third-order valence-corrected chi connectivity index (χ3v) is 3.65. The second kappa shape index (κ2) is 6.59. The Labute approximate surface area is 141 Å². The van der Waals surface area contributed by atoms with Crippen LogP contribution in [-0.2, 0) is 11.3 Å². The van der Waals surface area contributed by atoms with Crippen molar-refractivity contribution in [1.29, 1.82) is 0 Å². The predicted octanol–water partition coefficient (Wildman–Crippen LogP) is 0.560. The number of para-hydroxylation sites is 1. The summed E-state index contributed by atoms with van der Waals surface area (Å²) in [5, 5.41) is 16.9. The molecule has 0 radical (unpaired) electrons. The van der Waals surface area contributed by atoms with Crippen LogP contribution in [0, 0.1) is 10.1 Å². The molecule has 1 aromatic carbocycles. The molecule has 1 aliphatic rings. The summed E-state index contributed by atoms with van der Waals surface area (Å²) in [4.78, 5) is 34.6. The largest absolute Gasteiger partial charge is 0.493 e. The van der Waals surface area contributed by atoms with Gasteiger partial charge in [0.25, 0.3) is 0 Å². The number of methoxy groups -OCH3 is 1. The van der Waals surface area contributed by atoms with Gasteiger partial charge in [-0.05, 0) is 12.1 Å². The van der Waals surface area contributed by atoms with E-state index in [0.29, 0.717) is 17.1 Å². The lowest BCUT2D eigenvalue weighted by Crippen LogP contribution is -2.48. The topological polar surface area (TPSA) is 126 Å². The summed E-state index contributed by atoms with van der Waals surface area (Å²) in [6.07, 6.45) is 2.18. The van der Waals surface area contributed by atoms with Gasteiger partial charge in [0, 0.05) is 0 Å². The Morgan fingerprint density at radius 3 is 3.04 bits per heavy atom. The van der Waals surface area contributed by atoms with Crippen LogP contribution >= 0.6 is 0 Å². The predicted molar refractivity (Wildman–Crippen MR) is 83.6 cm³/mol. The van der Waals surface area contributed by atoms with Crippen LogP contribution < -0.4 is 14.8 Å². The van der Waals surface area contributed by atoms with Crippen LogP contribution in [0.4, 0.5) is 5.69 Å². The smallest absolute Gasteiger partial charge is 0.307 e. The van der Waals surface area contributed by atoms with Crippen molar-refractivity contribution in [3.8, 4) is 11.5 Å². The summed E-state index contributed by atoms with van der Waals surface area (Å²) in [6, 6.07) is 4.08. The number of aromatic nitrogens is 2. The normalized spacial score (nSPS) is 15.9. The maximum absolute atomic E-state index is 12.5. The van der Waals surface area contributed by atoms with E-state index in [4.69, 9.17) is 9.47 Å². The average molecular weight is 346 g/mol. The number of Topliss-reactive ketones (excluding diaryl/α,β-unsaturated/α-hetero) is 1. The first-order valence-electron chi connectivity index (χ1n) is 7.30. The number of carbonyl (C=O) groups is 2. The average Bonchev–Trinajstić information content (AvgIpc) is 3.05. The van der Waals surface area contributed by atoms with E-state index in [-0.39, 0.29) is 24.6 Å². The van der Waals surface area contributed by atoms with Gasteiger partial charge in [0.1, 0.15) is 31.6 Å². The lowest BCUT2D eigenvalue weighted by molar-refractivity contribution is -0.385. The van der Waals surface area contributed by atoms with Gasteiger partial charge in [-0.1, -0.05) is 6.07 Å². The molecule has 2 heterocycles. The molecular formula is C15H14N4O6. The van der Waals surface area contributed by atoms with Crippen molar-refractivity contribution >= 4 is 17.4 Å². The van der Waals surface area contributed by atoms with E-state index < -0.39 is 16.9 Å². The van der Waals surface area contributed by atoms with E-state index in [0.717, 1.165) is 17.1 Å². The molecule has 1 N–H and O–H groups in total. The highest BCUT2D eigenvalue weighted by molar-refractivity contribution is 6.05. The van der Waals surface area contributed by atoms with Crippen LogP contribution in [-0.4, -0.2) is 46.2 Å². The minimum atomic E-state index is -0.849. The van der Waals surface area contributed by atoms with Gasteiger partial charge in [-0.2, -0.15) is 5.10 Å². The Morgan fingerprint density at radius 2 is 2.36 bits per heavy atom. The van der Waals surface area contributed by atoms with Crippen LogP contribution in [0.15, 0.2) is 30.6 Å². The number of ketones is 1. The van der Waals surface area contributed by atoms with Gasteiger partial charge in [0.2, 0.25) is 5.91 Å². The van der Waals surface area contributed by atoms with Gasteiger partial charge in [0.05, 0.1) is 17.6 Å². The third kappa shape index (κ3) is 3.27. The molecule has 1 aromatic heterocycles. The number of fused-ring (bicyclic) bond motifs is 1. The number of hydrogen-bond donors (Lipinski definition) is 1. The molecule has 2 aromatic rings. The van der Waals surface area contributed by atoms with Crippen LogP contribution in [0.25, 0.3) is 0 Å². The molecule has 25 heavy (non-hydrogen) atoms. The molecular weight excluding hydrogens is 332 g/mol. The van der Waals surface area contributed by atoms with Crippen LogP contribution in [0.2, 0.25) is 0 Å². The van der Waals surface area contributed by atoms with E-state index in [1.165, 1.54) is 7.11 Å². The SMILES string of the molecule is COc1cccc2c1OCC(NC(=O)Cn1cc([N+](=O)[O-])cn1)C2=O. The van der Waals surface area contributed by atoms with E-state index in [2.05, 4.69) is 10.4 Å². The zero-order valence-corrected chi connectivity index (χ0v) is 13.2. The number of hydrogen-bond acceptors (Lipinski definition) is 7. The lowest BCUT2D eigenvalue weighted by Gasteiger charge is -2.25. The van der Waals surface area contributed by atoms with Crippen molar-refractivity contribution in [3.05, 3.63) is 46.3 Å². The molecule has 0 aliphatic carbocycles. The van der Waals surface area contributed by atoms with Crippen molar-refractivity contribution < 1.29 is 24.0 Å². The highest BCUT2D eigenvalue weighted by Gasteiger charge is 2.32. The molecule has 0 spiro atoms. The number of rotatable bonds is 5. The summed E-state index contributed by atoms with van der Waals surface area (Å²) < 4.78 is 11.8. The van der Waals surface area contributed by atoms with Crippen LogP contribution in [0.1, 0.15) is 10.4 Å². The molecule has 1 aliphatic heterocycles. The Bertz CT molecular complexity index is 846. The Balaban J connectivity index is 1.67. The summed E-state index contributed by atoms with van der Waals surface area (Å²) in [7, 11) is 1.47. The zero-order valence-electron chi connectivity index (χ0n) is 13.2. The molecule has 130 valence electrons. The maximum atomic E-state index is 12.5.